The standard InChI is InChI=1S/C35H47F2N5O2.H2/c1-2-8-30(40-31-12-14-32(15-13-31)43-22-20-41-18-5-3-4-6-19-41)10-7-9-28-17-21-44-35(24-28,25-42-27-38-26-39-42)33-16-11-29(36)23-34(33)37;/h11-17,23,26-27,30,40H,2-10,18-22,24-25H2,1H3;1H. The van der Waals surface area contributed by atoms with Gasteiger partial charge < -0.3 is 14.8 Å². The van der Waals surface area contributed by atoms with Crippen LogP contribution in [0.5, 0.6) is 5.75 Å². The molecular formula is C35H49F2N5O2. The third-order valence-corrected chi connectivity index (χ3v) is 8.84. The minimum absolute atomic E-state index is 0. The van der Waals surface area contributed by atoms with Crippen LogP contribution in [0.1, 0.15) is 78.1 Å². The molecule has 0 saturated carbocycles. The Labute approximate surface area is 262 Å². The first kappa shape index (κ1) is 32.1. The van der Waals surface area contributed by atoms with Gasteiger partial charge in [-0.2, -0.15) is 5.10 Å². The van der Waals surface area contributed by atoms with Crippen LogP contribution in [-0.4, -0.2) is 58.6 Å². The quantitative estimate of drug-likeness (QED) is 0.178. The molecule has 3 aromatic rings. The van der Waals surface area contributed by atoms with E-state index in [9.17, 15) is 4.39 Å². The average Bonchev–Trinajstić information content (AvgIpc) is 3.38. The molecule has 2 aliphatic rings. The number of aromatic nitrogens is 3. The van der Waals surface area contributed by atoms with Crippen LogP contribution in [0.4, 0.5) is 14.5 Å². The fourth-order valence-corrected chi connectivity index (χ4v) is 6.54. The van der Waals surface area contributed by atoms with Crippen molar-refractivity contribution in [1.82, 2.24) is 19.7 Å². The molecule has 0 amide bonds. The summed E-state index contributed by atoms with van der Waals surface area (Å²) in [5.74, 6) is -0.295. The lowest BCUT2D eigenvalue weighted by Gasteiger charge is -2.38. The molecule has 2 atom stereocenters. The molecule has 7 nitrogen and oxygen atoms in total. The molecule has 240 valence electrons. The van der Waals surface area contributed by atoms with Crippen molar-refractivity contribution in [1.29, 1.82) is 0 Å². The van der Waals surface area contributed by atoms with Gasteiger partial charge in [-0.25, -0.2) is 18.4 Å². The summed E-state index contributed by atoms with van der Waals surface area (Å²) in [6.07, 6.45) is 16.0. The lowest BCUT2D eigenvalue weighted by atomic mass is 9.83. The molecule has 2 unspecified atom stereocenters. The van der Waals surface area contributed by atoms with Gasteiger partial charge in [0.2, 0.25) is 0 Å². The largest absolute Gasteiger partial charge is 0.492 e. The van der Waals surface area contributed by atoms with Crippen LogP contribution in [0.2, 0.25) is 0 Å². The molecule has 5 rings (SSSR count). The molecule has 9 heteroatoms. The van der Waals surface area contributed by atoms with E-state index in [2.05, 4.69) is 57.6 Å². The number of benzene rings is 2. The molecule has 0 bridgehead atoms. The highest BCUT2D eigenvalue weighted by Gasteiger charge is 2.39. The van der Waals surface area contributed by atoms with Crippen LogP contribution in [0, 0.1) is 11.6 Å². The summed E-state index contributed by atoms with van der Waals surface area (Å²) in [5, 5.41) is 7.97. The predicted molar refractivity (Wildman–Crippen MR) is 172 cm³/mol. The van der Waals surface area contributed by atoms with Crippen molar-refractivity contribution < 1.29 is 19.7 Å². The van der Waals surface area contributed by atoms with Crippen LogP contribution in [0.15, 0.2) is 66.8 Å². The van der Waals surface area contributed by atoms with Gasteiger partial charge >= 0.3 is 0 Å². The SMILES string of the molecule is CCCC(CCCC1=CCOC(Cn2cncn2)(c2ccc(F)cc2F)C1)Nc1ccc(OCCN2CCCCCC2)cc1.[HH]. The van der Waals surface area contributed by atoms with E-state index in [1.807, 2.05) is 0 Å². The Morgan fingerprint density at radius 2 is 1.89 bits per heavy atom. The van der Waals surface area contributed by atoms with E-state index < -0.39 is 17.2 Å². The van der Waals surface area contributed by atoms with Crippen LogP contribution in [-0.2, 0) is 16.9 Å². The second-order valence-electron chi connectivity index (χ2n) is 12.2. The molecule has 0 spiro atoms. The van der Waals surface area contributed by atoms with Gasteiger partial charge in [-0.05, 0) is 81.9 Å². The molecule has 2 aliphatic heterocycles. The monoisotopic (exact) mass is 609 g/mol. The van der Waals surface area contributed by atoms with Gasteiger partial charge in [0.1, 0.15) is 42.2 Å². The van der Waals surface area contributed by atoms with Gasteiger partial charge in [-0.1, -0.05) is 43.9 Å². The van der Waals surface area contributed by atoms with Crippen molar-refractivity contribution in [2.24, 2.45) is 0 Å². The number of halogens is 2. The number of ether oxygens (including phenoxy) is 2. The van der Waals surface area contributed by atoms with Crippen molar-refractivity contribution in [3.05, 3.63) is 84.0 Å². The minimum atomic E-state index is -0.979. The maximum atomic E-state index is 15.1. The third kappa shape index (κ3) is 9.11. The second kappa shape index (κ2) is 16.1. The topological polar surface area (TPSA) is 64.4 Å². The summed E-state index contributed by atoms with van der Waals surface area (Å²) in [6.45, 7) is 6.96. The molecule has 0 aliphatic carbocycles. The van der Waals surface area contributed by atoms with Crippen LogP contribution < -0.4 is 10.1 Å². The summed E-state index contributed by atoms with van der Waals surface area (Å²) in [6, 6.07) is 12.4. The van der Waals surface area contributed by atoms with Gasteiger partial charge in [0.25, 0.3) is 0 Å². The molecular weight excluding hydrogens is 560 g/mol. The number of hydrogen-bond donors (Lipinski definition) is 1. The van der Waals surface area contributed by atoms with E-state index in [0.29, 0.717) is 31.2 Å². The van der Waals surface area contributed by atoms with Gasteiger partial charge in [0.15, 0.2) is 0 Å². The summed E-state index contributed by atoms with van der Waals surface area (Å²) in [5.41, 5.74) is 1.69. The number of likely N-dealkylation sites (tertiary alicyclic amines) is 1. The van der Waals surface area contributed by atoms with Crippen molar-refractivity contribution >= 4 is 5.69 Å². The molecule has 0 radical (unpaired) electrons. The molecule has 1 N–H and O–H groups in total. The van der Waals surface area contributed by atoms with Crippen molar-refractivity contribution in [2.75, 3.05) is 38.2 Å². The van der Waals surface area contributed by atoms with Crippen LogP contribution in [0.3, 0.4) is 0 Å². The number of rotatable bonds is 15. The first-order chi connectivity index (χ1) is 21.5. The Hall–Kier alpha value is -3.30. The van der Waals surface area contributed by atoms with E-state index in [-0.39, 0.29) is 1.43 Å². The fourth-order valence-electron chi connectivity index (χ4n) is 6.54. The van der Waals surface area contributed by atoms with E-state index in [0.717, 1.165) is 62.8 Å². The summed E-state index contributed by atoms with van der Waals surface area (Å²) >= 11 is 0. The number of nitrogens with one attached hydrogen (secondary N) is 1. The number of nitrogens with zero attached hydrogens (tertiary/aromatic N) is 4. The zero-order chi connectivity index (χ0) is 30.6. The summed E-state index contributed by atoms with van der Waals surface area (Å²) in [4.78, 5) is 6.56. The summed E-state index contributed by atoms with van der Waals surface area (Å²) < 4.78 is 42.8. The molecule has 1 aromatic heterocycles. The molecule has 44 heavy (non-hydrogen) atoms. The zero-order valence-electron chi connectivity index (χ0n) is 26.0. The van der Waals surface area contributed by atoms with E-state index in [4.69, 9.17) is 9.47 Å². The highest BCUT2D eigenvalue weighted by Crippen LogP contribution is 2.40. The van der Waals surface area contributed by atoms with Crippen molar-refractivity contribution in [3.63, 3.8) is 0 Å². The molecule has 1 saturated heterocycles. The second-order valence-corrected chi connectivity index (χ2v) is 12.2. The van der Waals surface area contributed by atoms with Gasteiger partial charge in [0.05, 0.1) is 13.2 Å². The van der Waals surface area contributed by atoms with Gasteiger partial charge in [-0.3, -0.25) is 4.90 Å². The Morgan fingerprint density at radius 3 is 2.61 bits per heavy atom. The fraction of sp³-hybridized carbons (Fsp3) is 0.543. The Morgan fingerprint density at radius 1 is 1.07 bits per heavy atom. The molecule has 1 fully saturated rings. The Bertz CT molecular complexity index is 1320. The third-order valence-electron chi connectivity index (χ3n) is 8.84. The first-order valence-corrected chi connectivity index (χ1v) is 16.3. The minimum Gasteiger partial charge on any atom is -0.492 e. The highest BCUT2D eigenvalue weighted by molar-refractivity contribution is 5.47. The Balaban J connectivity index is 0.00000461. The van der Waals surface area contributed by atoms with Crippen LogP contribution >= 0.6 is 0 Å². The van der Waals surface area contributed by atoms with E-state index in [1.165, 1.54) is 62.8 Å². The predicted octanol–water partition coefficient (Wildman–Crippen LogP) is 7.75. The lowest BCUT2D eigenvalue weighted by Crippen LogP contribution is -2.39. The zero-order valence-corrected chi connectivity index (χ0v) is 26.0. The number of anilines is 1. The maximum absolute atomic E-state index is 15.1. The normalized spacial score (nSPS) is 20.1. The van der Waals surface area contributed by atoms with Crippen LogP contribution in [0.25, 0.3) is 0 Å². The van der Waals surface area contributed by atoms with Crippen molar-refractivity contribution in [2.45, 2.75) is 89.3 Å². The summed E-state index contributed by atoms with van der Waals surface area (Å²) in [7, 11) is 0. The van der Waals surface area contributed by atoms with Gasteiger partial charge in [0, 0.05) is 37.8 Å². The molecule has 2 aromatic carbocycles. The lowest BCUT2D eigenvalue weighted by molar-refractivity contribution is -0.0631. The smallest absolute Gasteiger partial charge is 0.137 e. The number of hydrogen-bond acceptors (Lipinski definition) is 6. The molecule has 3 heterocycles. The van der Waals surface area contributed by atoms with E-state index in [1.54, 1.807) is 11.0 Å². The Kier molecular flexibility index (Phi) is 11.8. The maximum Gasteiger partial charge on any atom is 0.137 e. The van der Waals surface area contributed by atoms with Crippen molar-refractivity contribution in [3.8, 4) is 5.75 Å². The van der Waals surface area contributed by atoms with E-state index >= 15 is 4.39 Å². The first-order valence-electron chi connectivity index (χ1n) is 16.3. The van der Waals surface area contributed by atoms with Gasteiger partial charge in [-0.15, -0.1) is 0 Å². The highest BCUT2D eigenvalue weighted by atomic mass is 19.1. The average molecular weight is 610 g/mol.